The first-order valence-corrected chi connectivity index (χ1v) is 11.0. The topological polar surface area (TPSA) is 65.5 Å². The fourth-order valence-electron chi connectivity index (χ4n) is 4.45. The number of pyridine rings is 1. The van der Waals surface area contributed by atoms with Gasteiger partial charge in [-0.15, -0.1) is 0 Å². The first-order valence-electron chi connectivity index (χ1n) is 11.0. The minimum atomic E-state index is -0.0917. The van der Waals surface area contributed by atoms with Gasteiger partial charge in [-0.3, -0.25) is 19.5 Å². The molecule has 0 bridgehead atoms. The Labute approximate surface area is 177 Å². The zero-order valence-corrected chi connectivity index (χ0v) is 17.4. The summed E-state index contributed by atoms with van der Waals surface area (Å²) in [5, 5.41) is 4.00. The molecule has 6 nitrogen and oxygen atoms in total. The number of carbonyl (C=O) groups is 2. The third-order valence-electron chi connectivity index (χ3n) is 6.21. The normalized spacial score (nSPS) is 18.3. The van der Waals surface area contributed by atoms with Gasteiger partial charge in [0.25, 0.3) is 0 Å². The maximum atomic E-state index is 12.5. The predicted molar refractivity (Wildman–Crippen MR) is 119 cm³/mol. The van der Waals surface area contributed by atoms with Crippen LogP contribution < -0.4 is 5.32 Å². The van der Waals surface area contributed by atoms with Gasteiger partial charge in [-0.2, -0.15) is 0 Å². The monoisotopic (exact) mass is 406 g/mol. The van der Waals surface area contributed by atoms with E-state index >= 15 is 0 Å². The second-order valence-electron chi connectivity index (χ2n) is 8.19. The van der Waals surface area contributed by atoms with Crippen LogP contribution >= 0.6 is 0 Å². The highest BCUT2D eigenvalue weighted by Gasteiger charge is 2.29. The van der Waals surface area contributed by atoms with Crippen molar-refractivity contribution in [2.45, 2.75) is 25.7 Å². The van der Waals surface area contributed by atoms with Crippen LogP contribution in [0.3, 0.4) is 0 Å². The highest BCUT2D eigenvalue weighted by atomic mass is 16.2. The first kappa shape index (κ1) is 20.5. The van der Waals surface area contributed by atoms with Crippen LogP contribution in [0.2, 0.25) is 0 Å². The van der Waals surface area contributed by atoms with Crippen molar-refractivity contribution in [1.29, 1.82) is 0 Å². The number of hydrogen-bond donors (Lipinski definition) is 1. The third-order valence-corrected chi connectivity index (χ3v) is 6.21. The van der Waals surface area contributed by atoms with Crippen molar-refractivity contribution >= 4 is 28.8 Å². The average molecular weight is 407 g/mol. The summed E-state index contributed by atoms with van der Waals surface area (Å²) in [6.07, 6.45) is 9.70. The number of nitrogens with one attached hydrogen (secondary N) is 1. The van der Waals surface area contributed by atoms with Crippen LogP contribution in [0.15, 0.2) is 42.6 Å². The van der Waals surface area contributed by atoms with Crippen LogP contribution in [0.25, 0.3) is 17.0 Å². The molecular formula is C24H30N4O2. The lowest BCUT2D eigenvalue weighted by Crippen LogP contribution is -2.51. The van der Waals surface area contributed by atoms with Crippen LogP contribution in [-0.4, -0.2) is 65.9 Å². The fraction of sp³-hybridized carbons (Fsp3) is 0.458. The molecule has 2 aromatic rings. The van der Waals surface area contributed by atoms with Crippen LogP contribution in [0.5, 0.6) is 0 Å². The molecule has 158 valence electrons. The summed E-state index contributed by atoms with van der Waals surface area (Å²) in [6.45, 7) is 4.79. The molecule has 2 heterocycles. The van der Waals surface area contributed by atoms with E-state index in [0.717, 1.165) is 62.0 Å². The molecule has 0 radical (unpaired) electrons. The van der Waals surface area contributed by atoms with Crippen LogP contribution in [0.1, 0.15) is 31.2 Å². The van der Waals surface area contributed by atoms with Gasteiger partial charge in [-0.1, -0.05) is 31.0 Å². The van der Waals surface area contributed by atoms with Gasteiger partial charge in [-0.25, -0.2) is 0 Å². The lowest BCUT2D eigenvalue weighted by Gasteiger charge is -2.36. The SMILES string of the molecule is O=C(/C=C/c1ccnc2ccccc12)NCCN1CCN(C(=O)C2CCCC2)CC1. The Bertz CT molecular complexity index is 907. The Hall–Kier alpha value is -2.73. The van der Waals surface area contributed by atoms with Crippen molar-refractivity contribution in [2.24, 2.45) is 5.92 Å². The van der Waals surface area contributed by atoms with E-state index in [2.05, 4.69) is 15.2 Å². The number of para-hydroxylation sites is 1. The highest BCUT2D eigenvalue weighted by Crippen LogP contribution is 2.26. The third kappa shape index (κ3) is 5.05. The minimum Gasteiger partial charge on any atom is -0.351 e. The molecule has 0 atom stereocenters. The van der Waals surface area contributed by atoms with Crippen LogP contribution in [0, 0.1) is 5.92 Å². The average Bonchev–Trinajstić information content (AvgIpc) is 3.33. The first-order chi connectivity index (χ1) is 14.7. The smallest absolute Gasteiger partial charge is 0.244 e. The second-order valence-corrected chi connectivity index (χ2v) is 8.19. The number of piperazine rings is 1. The Morgan fingerprint density at radius 3 is 2.63 bits per heavy atom. The number of amides is 2. The summed E-state index contributed by atoms with van der Waals surface area (Å²) < 4.78 is 0. The Kier molecular flexibility index (Phi) is 6.74. The van der Waals surface area contributed by atoms with Crippen molar-refractivity contribution in [3.63, 3.8) is 0 Å². The summed E-state index contributed by atoms with van der Waals surface area (Å²) in [7, 11) is 0. The lowest BCUT2D eigenvalue weighted by atomic mass is 10.1. The standard InChI is InChI=1S/C24H30N4O2/c29-23(10-9-19-11-12-25-22-8-4-3-7-21(19)22)26-13-14-27-15-17-28(18-16-27)24(30)20-5-1-2-6-20/h3-4,7-12,20H,1-2,5-6,13-18H2,(H,26,29)/b10-9+. The highest BCUT2D eigenvalue weighted by molar-refractivity contribution is 5.95. The molecule has 1 saturated carbocycles. The number of rotatable bonds is 6. The predicted octanol–water partition coefficient (Wildman–Crippen LogP) is 2.70. The fourth-order valence-corrected chi connectivity index (χ4v) is 4.45. The summed E-state index contributed by atoms with van der Waals surface area (Å²) in [5.74, 6) is 0.528. The van der Waals surface area contributed by atoms with E-state index in [4.69, 9.17) is 0 Å². The summed E-state index contributed by atoms with van der Waals surface area (Å²) in [4.78, 5) is 33.4. The van der Waals surface area contributed by atoms with Crippen molar-refractivity contribution in [2.75, 3.05) is 39.3 Å². The molecule has 0 unspecified atom stereocenters. The maximum absolute atomic E-state index is 12.5. The molecule has 4 rings (SSSR count). The number of carbonyl (C=O) groups excluding carboxylic acids is 2. The van der Waals surface area contributed by atoms with E-state index in [0.29, 0.717) is 12.5 Å². The Balaban J connectivity index is 1.19. The molecule has 1 aliphatic heterocycles. The molecule has 1 aliphatic carbocycles. The van der Waals surface area contributed by atoms with Crippen molar-refractivity contribution < 1.29 is 9.59 Å². The summed E-state index contributed by atoms with van der Waals surface area (Å²) >= 11 is 0. The van der Waals surface area contributed by atoms with Gasteiger partial charge in [0.15, 0.2) is 0 Å². The quantitative estimate of drug-likeness (QED) is 0.749. The van der Waals surface area contributed by atoms with Gasteiger partial charge in [-0.05, 0) is 36.6 Å². The summed E-state index contributed by atoms with van der Waals surface area (Å²) in [6, 6.07) is 9.83. The largest absolute Gasteiger partial charge is 0.351 e. The molecule has 1 aromatic heterocycles. The number of hydrogen-bond acceptors (Lipinski definition) is 4. The number of nitrogens with zero attached hydrogens (tertiary/aromatic N) is 3. The molecule has 1 saturated heterocycles. The lowest BCUT2D eigenvalue weighted by molar-refractivity contribution is -0.137. The maximum Gasteiger partial charge on any atom is 0.244 e. The van der Waals surface area contributed by atoms with Gasteiger partial charge in [0, 0.05) is 62.8 Å². The van der Waals surface area contributed by atoms with E-state index in [1.807, 2.05) is 41.3 Å². The number of fused-ring (bicyclic) bond motifs is 1. The van der Waals surface area contributed by atoms with E-state index < -0.39 is 0 Å². The van der Waals surface area contributed by atoms with Crippen LogP contribution in [0.4, 0.5) is 0 Å². The molecule has 1 aromatic carbocycles. The molecular weight excluding hydrogens is 376 g/mol. The number of benzene rings is 1. The Morgan fingerprint density at radius 2 is 1.83 bits per heavy atom. The van der Waals surface area contributed by atoms with Crippen LogP contribution in [-0.2, 0) is 9.59 Å². The van der Waals surface area contributed by atoms with Crippen molar-refractivity contribution in [3.8, 4) is 0 Å². The minimum absolute atomic E-state index is 0.0917. The number of aromatic nitrogens is 1. The molecule has 6 heteroatoms. The van der Waals surface area contributed by atoms with Crippen molar-refractivity contribution in [1.82, 2.24) is 20.1 Å². The molecule has 0 spiro atoms. The van der Waals surface area contributed by atoms with E-state index in [-0.39, 0.29) is 11.8 Å². The van der Waals surface area contributed by atoms with Gasteiger partial charge in [0.2, 0.25) is 11.8 Å². The van der Waals surface area contributed by atoms with Gasteiger partial charge >= 0.3 is 0 Å². The Morgan fingerprint density at radius 1 is 1.07 bits per heavy atom. The molecule has 2 aliphatic rings. The van der Waals surface area contributed by atoms with Gasteiger partial charge < -0.3 is 10.2 Å². The zero-order chi connectivity index (χ0) is 20.8. The zero-order valence-electron chi connectivity index (χ0n) is 17.4. The molecule has 2 amide bonds. The molecule has 1 N–H and O–H groups in total. The van der Waals surface area contributed by atoms with E-state index in [9.17, 15) is 9.59 Å². The molecule has 2 fully saturated rings. The molecule has 30 heavy (non-hydrogen) atoms. The van der Waals surface area contributed by atoms with E-state index in [1.165, 1.54) is 12.8 Å². The van der Waals surface area contributed by atoms with Gasteiger partial charge in [0.05, 0.1) is 5.52 Å². The van der Waals surface area contributed by atoms with Gasteiger partial charge in [0.1, 0.15) is 0 Å². The van der Waals surface area contributed by atoms with E-state index in [1.54, 1.807) is 12.3 Å². The summed E-state index contributed by atoms with van der Waals surface area (Å²) in [5.41, 5.74) is 1.91. The second kappa shape index (κ2) is 9.85. The van der Waals surface area contributed by atoms with Crippen molar-refractivity contribution in [3.05, 3.63) is 48.2 Å².